The molecule has 0 fully saturated rings. The maximum absolute atomic E-state index is 11.6. The fourth-order valence-corrected chi connectivity index (χ4v) is 3.50. The fourth-order valence-electron chi connectivity index (χ4n) is 3.50. The van der Waals surface area contributed by atoms with Gasteiger partial charge in [0.1, 0.15) is 5.65 Å². The molecule has 0 saturated carbocycles. The number of hydrogen-bond donors (Lipinski definition) is 0. The van der Waals surface area contributed by atoms with Crippen molar-refractivity contribution in [3.8, 4) is 0 Å². The Morgan fingerprint density at radius 1 is 1.31 bits per heavy atom. The van der Waals surface area contributed by atoms with Gasteiger partial charge in [-0.2, -0.15) is 0 Å². The SMILES string of the molecule is COC(=O)C1=CC=C(Cn2ccc3cc(C4=CCOCC4)cnc32)CC1. The molecule has 2 aromatic heterocycles. The van der Waals surface area contributed by atoms with Gasteiger partial charge < -0.3 is 14.0 Å². The van der Waals surface area contributed by atoms with Crippen LogP contribution >= 0.6 is 0 Å². The van der Waals surface area contributed by atoms with Crippen molar-refractivity contribution >= 4 is 22.6 Å². The molecule has 0 atom stereocenters. The highest BCUT2D eigenvalue weighted by Gasteiger charge is 2.15. The molecule has 0 saturated heterocycles. The van der Waals surface area contributed by atoms with E-state index < -0.39 is 0 Å². The molecule has 0 N–H and O–H groups in total. The Labute approximate surface area is 152 Å². The van der Waals surface area contributed by atoms with Crippen molar-refractivity contribution in [3.63, 3.8) is 0 Å². The summed E-state index contributed by atoms with van der Waals surface area (Å²) in [4.78, 5) is 16.3. The molecular weight excluding hydrogens is 328 g/mol. The first-order valence-electron chi connectivity index (χ1n) is 8.93. The summed E-state index contributed by atoms with van der Waals surface area (Å²) in [6.07, 6.45) is 12.6. The van der Waals surface area contributed by atoms with Crippen LogP contribution in [0.25, 0.3) is 16.6 Å². The van der Waals surface area contributed by atoms with E-state index in [1.165, 1.54) is 23.8 Å². The first kappa shape index (κ1) is 16.8. The second-order valence-electron chi connectivity index (χ2n) is 6.64. The Morgan fingerprint density at radius 2 is 2.23 bits per heavy atom. The molecule has 0 bridgehead atoms. The van der Waals surface area contributed by atoms with Gasteiger partial charge in [0.15, 0.2) is 0 Å². The molecule has 1 aliphatic heterocycles. The summed E-state index contributed by atoms with van der Waals surface area (Å²) >= 11 is 0. The third-order valence-corrected chi connectivity index (χ3v) is 4.99. The molecule has 0 unspecified atom stereocenters. The summed E-state index contributed by atoms with van der Waals surface area (Å²) in [7, 11) is 1.42. The first-order valence-corrected chi connectivity index (χ1v) is 8.93. The normalized spacial score (nSPS) is 17.5. The van der Waals surface area contributed by atoms with Crippen LogP contribution in [0.2, 0.25) is 0 Å². The van der Waals surface area contributed by atoms with E-state index in [1.807, 2.05) is 18.3 Å². The van der Waals surface area contributed by atoms with Gasteiger partial charge in [0.05, 0.1) is 20.3 Å². The van der Waals surface area contributed by atoms with Crippen LogP contribution in [0, 0.1) is 0 Å². The number of rotatable bonds is 4. The minimum Gasteiger partial charge on any atom is -0.466 e. The largest absolute Gasteiger partial charge is 0.466 e. The summed E-state index contributed by atoms with van der Waals surface area (Å²) in [5, 5.41) is 1.15. The highest BCUT2D eigenvalue weighted by molar-refractivity contribution is 5.89. The zero-order valence-corrected chi connectivity index (χ0v) is 14.9. The van der Waals surface area contributed by atoms with E-state index in [2.05, 4.69) is 29.0 Å². The summed E-state index contributed by atoms with van der Waals surface area (Å²) in [6, 6.07) is 4.32. The lowest BCUT2D eigenvalue weighted by Crippen LogP contribution is -2.09. The first-order chi connectivity index (χ1) is 12.7. The zero-order valence-electron chi connectivity index (χ0n) is 14.9. The highest BCUT2D eigenvalue weighted by Crippen LogP contribution is 2.26. The van der Waals surface area contributed by atoms with Crippen molar-refractivity contribution < 1.29 is 14.3 Å². The van der Waals surface area contributed by atoms with E-state index in [1.54, 1.807) is 0 Å². The smallest absolute Gasteiger partial charge is 0.333 e. The average Bonchev–Trinajstić information content (AvgIpc) is 3.10. The topological polar surface area (TPSA) is 53.4 Å². The minimum absolute atomic E-state index is 0.233. The predicted molar refractivity (Wildman–Crippen MR) is 101 cm³/mol. The molecule has 4 rings (SSSR count). The molecule has 1 aliphatic carbocycles. The number of methoxy groups -OCH3 is 1. The third kappa shape index (κ3) is 3.35. The van der Waals surface area contributed by atoms with Gasteiger partial charge in [0.2, 0.25) is 0 Å². The van der Waals surface area contributed by atoms with Crippen molar-refractivity contribution in [2.24, 2.45) is 0 Å². The van der Waals surface area contributed by atoms with Gasteiger partial charge >= 0.3 is 5.97 Å². The van der Waals surface area contributed by atoms with E-state index in [4.69, 9.17) is 14.5 Å². The summed E-state index contributed by atoms with van der Waals surface area (Å²) in [5.41, 5.74) is 5.51. The number of ether oxygens (including phenoxy) is 2. The molecule has 0 amide bonds. The van der Waals surface area contributed by atoms with Gasteiger partial charge in [-0.25, -0.2) is 9.78 Å². The number of hydrogen-bond acceptors (Lipinski definition) is 4. The number of fused-ring (bicyclic) bond motifs is 1. The van der Waals surface area contributed by atoms with Gasteiger partial charge in [-0.15, -0.1) is 0 Å². The quantitative estimate of drug-likeness (QED) is 0.790. The molecule has 5 heteroatoms. The standard InChI is InChI=1S/C21H22N2O3/c1-25-21(24)17-4-2-15(3-5-17)14-23-9-6-18-12-19(13-22-20(18)23)16-7-10-26-11-8-16/h2,4,6-7,9,12-13H,3,5,8,10-11,14H2,1H3. The second-order valence-corrected chi connectivity index (χ2v) is 6.64. The van der Waals surface area contributed by atoms with E-state index in [0.717, 1.165) is 49.0 Å². The highest BCUT2D eigenvalue weighted by atomic mass is 16.5. The number of pyridine rings is 1. The summed E-state index contributed by atoms with van der Waals surface area (Å²) in [5.74, 6) is -0.233. The molecule has 134 valence electrons. The van der Waals surface area contributed by atoms with Crippen molar-refractivity contribution in [2.45, 2.75) is 25.8 Å². The van der Waals surface area contributed by atoms with Crippen LogP contribution in [0.1, 0.15) is 24.8 Å². The Hall–Kier alpha value is -2.66. The van der Waals surface area contributed by atoms with Gasteiger partial charge in [-0.05, 0) is 42.5 Å². The van der Waals surface area contributed by atoms with Crippen molar-refractivity contribution in [3.05, 3.63) is 59.5 Å². The minimum atomic E-state index is -0.233. The van der Waals surface area contributed by atoms with Crippen LogP contribution in [-0.4, -0.2) is 35.8 Å². The van der Waals surface area contributed by atoms with Crippen molar-refractivity contribution in [1.82, 2.24) is 9.55 Å². The molecule has 3 heterocycles. The van der Waals surface area contributed by atoms with E-state index in [0.29, 0.717) is 6.61 Å². The number of esters is 1. The van der Waals surface area contributed by atoms with Crippen LogP contribution in [0.5, 0.6) is 0 Å². The molecule has 26 heavy (non-hydrogen) atoms. The lowest BCUT2D eigenvalue weighted by Gasteiger charge is -2.15. The van der Waals surface area contributed by atoms with E-state index in [-0.39, 0.29) is 5.97 Å². The maximum atomic E-state index is 11.6. The number of carbonyl (C=O) groups is 1. The second kappa shape index (κ2) is 7.30. The Bertz CT molecular complexity index is 934. The molecule has 0 spiro atoms. The maximum Gasteiger partial charge on any atom is 0.333 e. The van der Waals surface area contributed by atoms with Crippen LogP contribution < -0.4 is 0 Å². The van der Waals surface area contributed by atoms with Gasteiger partial charge in [0.25, 0.3) is 0 Å². The Kier molecular flexibility index (Phi) is 4.71. The van der Waals surface area contributed by atoms with Crippen LogP contribution in [0.15, 0.2) is 53.9 Å². The summed E-state index contributed by atoms with van der Waals surface area (Å²) < 4.78 is 12.3. The monoisotopic (exact) mass is 350 g/mol. The molecule has 5 nitrogen and oxygen atoms in total. The van der Waals surface area contributed by atoms with Gasteiger partial charge in [-0.1, -0.05) is 23.8 Å². The van der Waals surface area contributed by atoms with Gasteiger partial charge in [0, 0.05) is 29.9 Å². The Morgan fingerprint density at radius 3 is 2.96 bits per heavy atom. The molecule has 0 aromatic carbocycles. The van der Waals surface area contributed by atoms with Crippen LogP contribution in [0.3, 0.4) is 0 Å². The lowest BCUT2D eigenvalue weighted by atomic mass is 9.98. The van der Waals surface area contributed by atoms with E-state index >= 15 is 0 Å². The fraction of sp³-hybridized carbons (Fsp3) is 0.333. The third-order valence-electron chi connectivity index (χ3n) is 4.99. The van der Waals surface area contributed by atoms with Crippen molar-refractivity contribution in [1.29, 1.82) is 0 Å². The molecular formula is C21H22N2O3. The number of carbonyl (C=O) groups excluding carboxylic acids is 1. The number of aromatic nitrogens is 2. The number of nitrogens with zero attached hydrogens (tertiary/aromatic N) is 2. The molecule has 0 radical (unpaired) electrons. The van der Waals surface area contributed by atoms with Crippen LogP contribution in [-0.2, 0) is 20.8 Å². The lowest BCUT2D eigenvalue weighted by molar-refractivity contribution is -0.136. The molecule has 2 aliphatic rings. The summed E-state index contributed by atoms with van der Waals surface area (Å²) in [6.45, 7) is 2.25. The molecule has 2 aromatic rings. The van der Waals surface area contributed by atoms with Crippen molar-refractivity contribution in [2.75, 3.05) is 20.3 Å². The average molecular weight is 350 g/mol. The Balaban J connectivity index is 1.55. The zero-order chi connectivity index (χ0) is 17.9. The van der Waals surface area contributed by atoms with Crippen LogP contribution in [0.4, 0.5) is 0 Å². The van der Waals surface area contributed by atoms with Gasteiger partial charge in [-0.3, -0.25) is 0 Å². The predicted octanol–water partition coefficient (Wildman–Crippen LogP) is 3.66. The number of allylic oxidation sites excluding steroid dienone is 3. The van der Waals surface area contributed by atoms with E-state index in [9.17, 15) is 4.79 Å².